The molecule has 0 unspecified atom stereocenters. The zero-order valence-electron chi connectivity index (χ0n) is 5.62. The summed E-state index contributed by atoms with van der Waals surface area (Å²) in [5.74, 6) is 0.226. The molecule has 54 valence electrons. The Morgan fingerprint density at radius 3 is 3.00 bits per heavy atom. The average Bonchev–Trinajstić information content (AvgIpc) is 2.05. The molecule has 0 radical (unpaired) electrons. The Morgan fingerprint density at radius 2 is 2.50 bits per heavy atom. The Morgan fingerprint density at radius 1 is 1.70 bits per heavy atom. The quantitative estimate of drug-likeness (QED) is 0.246. The predicted octanol–water partition coefficient (Wildman–Crippen LogP) is 1.01. The topological polar surface area (TPSA) is 58.6 Å². The summed E-state index contributed by atoms with van der Waals surface area (Å²) in [6, 6.07) is 0. The molecule has 3 heteroatoms. The lowest BCUT2D eigenvalue weighted by Crippen LogP contribution is -2.15. The Bertz CT molecular complexity index is 204. The van der Waals surface area contributed by atoms with Gasteiger partial charge in [0, 0.05) is 0 Å². The van der Waals surface area contributed by atoms with Crippen LogP contribution in [0.1, 0.15) is 12.8 Å². The Balaban J connectivity index is 2.72. The van der Waals surface area contributed by atoms with E-state index < -0.39 is 0 Å². The molecule has 0 fully saturated rings. The first-order valence-corrected chi connectivity index (χ1v) is 3.18. The number of nitrogens with zero attached hydrogens (tertiary/aromatic N) is 1. The van der Waals surface area contributed by atoms with Gasteiger partial charge in [0.25, 0.3) is 0 Å². The maximum Gasteiger partial charge on any atom is 0.166 e. The van der Waals surface area contributed by atoms with E-state index in [1.54, 1.807) is 0 Å². The highest BCUT2D eigenvalue weighted by Gasteiger charge is 2.02. The second-order valence-corrected chi connectivity index (χ2v) is 2.14. The van der Waals surface area contributed by atoms with E-state index in [1.165, 1.54) is 0 Å². The third-order valence-electron chi connectivity index (χ3n) is 1.45. The minimum absolute atomic E-state index is 0.226. The van der Waals surface area contributed by atoms with Crippen molar-refractivity contribution in [1.29, 1.82) is 0 Å². The summed E-state index contributed by atoms with van der Waals surface area (Å²) in [4.78, 5) is 0. The van der Waals surface area contributed by atoms with E-state index in [1.807, 2.05) is 18.2 Å². The number of rotatable bonds is 1. The minimum atomic E-state index is 0.226. The molecule has 0 atom stereocenters. The SMILES string of the molecule is N/C(=N\O)C1=CC=CCC1. The summed E-state index contributed by atoms with van der Waals surface area (Å²) in [7, 11) is 0. The van der Waals surface area contributed by atoms with Crippen LogP contribution in [0.2, 0.25) is 0 Å². The number of amidine groups is 1. The van der Waals surface area contributed by atoms with Crippen LogP contribution in [0.5, 0.6) is 0 Å². The molecule has 0 aromatic rings. The van der Waals surface area contributed by atoms with Crippen molar-refractivity contribution in [3.05, 3.63) is 23.8 Å². The summed E-state index contributed by atoms with van der Waals surface area (Å²) in [5, 5.41) is 11.2. The van der Waals surface area contributed by atoms with Crippen molar-refractivity contribution in [2.75, 3.05) is 0 Å². The molecule has 1 aliphatic carbocycles. The summed E-state index contributed by atoms with van der Waals surface area (Å²) in [5.41, 5.74) is 6.25. The molecule has 0 aromatic heterocycles. The van der Waals surface area contributed by atoms with Crippen molar-refractivity contribution in [2.45, 2.75) is 12.8 Å². The van der Waals surface area contributed by atoms with E-state index in [0.29, 0.717) is 0 Å². The van der Waals surface area contributed by atoms with Gasteiger partial charge in [-0.15, -0.1) is 0 Å². The first kappa shape index (κ1) is 6.86. The van der Waals surface area contributed by atoms with Crippen LogP contribution in [0, 0.1) is 0 Å². The van der Waals surface area contributed by atoms with Crippen molar-refractivity contribution < 1.29 is 5.21 Å². The fraction of sp³-hybridized carbons (Fsp3) is 0.286. The highest BCUT2D eigenvalue weighted by Crippen LogP contribution is 2.10. The van der Waals surface area contributed by atoms with Gasteiger partial charge in [0.2, 0.25) is 0 Å². The van der Waals surface area contributed by atoms with Crippen LogP contribution in [0.15, 0.2) is 29.0 Å². The number of hydrogen-bond acceptors (Lipinski definition) is 2. The van der Waals surface area contributed by atoms with E-state index in [-0.39, 0.29) is 5.84 Å². The molecular formula is C7H10N2O. The third-order valence-corrected chi connectivity index (χ3v) is 1.45. The Hall–Kier alpha value is -1.25. The molecule has 0 saturated heterocycles. The summed E-state index contributed by atoms with van der Waals surface area (Å²) in [6.07, 6.45) is 7.66. The van der Waals surface area contributed by atoms with Crippen LogP contribution in [0.3, 0.4) is 0 Å². The van der Waals surface area contributed by atoms with E-state index in [2.05, 4.69) is 5.16 Å². The molecule has 10 heavy (non-hydrogen) atoms. The molecule has 3 N–H and O–H groups in total. The molecule has 0 spiro atoms. The van der Waals surface area contributed by atoms with Gasteiger partial charge in [0.1, 0.15) is 0 Å². The monoisotopic (exact) mass is 138 g/mol. The first-order valence-electron chi connectivity index (χ1n) is 3.18. The molecule has 1 aliphatic rings. The molecule has 0 bridgehead atoms. The standard InChI is InChI=1S/C7H10N2O/c8-7(9-10)6-4-2-1-3-5-6/h1-2,4,10H,3,5H2,(H2,8,9). The fourth-order valence-corrected chi connectivity index (χ4v) is 0.880. The minimum Gasteiger partial charge on any atom is -0.409 e. The second kappa shape index (κ2) is 3.06. The Kier molecular flexibility index (Phi) is 2.10. The third kappa shape index (κ3) is 1.37. The van der Waals surface area contributed by atoms with Crippen LogP contribution < -0.4 is 5.73 Å². The van der Waals surface area contributed by atoms with Gasteiger partial charge in [-0.3, -0.25) is 0 Å². The van der Waals surface area contributed by atoms with E-state index in [0.717, 1.165) is 18.4 Å². The maximum absolute atomic E-state index is 8.29. The van der Waals surface area contributed by atoms with Crippen molar-refractivity contribution in [3.63, 3.8) is 0 Å². The smallest absolute Gasteiger partial charge is 0.166 e. The second-order valence-electron chi connectivity index (χ2n) is 2.14. The lowest BCUT2D eigenvalue weighted by atomic mass is 10.0. The zero-order valence-corrected chi connectivity index (χ0v) is 5.62. The van der Waals surface area contributed by atoms with Crippen LogP contribution >= 0.6 is 0 Å². The van der Waals surface area contributed by atoms with Gasteiger partial charge in [-0.05, 0) is 18.4 Å². The van der Waals surface area contributed by atoms with Crippen molar-refractivity contribution in [1.82, 2.24) is 0 Å². The molecule has 0 heterocycles. The normalized spacial score (nSPS) is 18.8. The highest BCUT2D eigenvalue weighted by molar-refractivity contribution is 5.96. The molecule has 1 rings (SSSR count). The number of nitrogens with two attached hydrogens (primary N) is 1. The van der Waals surface area contributed by atoms with Gasteiger partial charge >= 0.3 is 0 Å². The van der Waals surface area contributed by atoms with E-state index >= 15 is 0 Å². The van der Waals surface area contributed by atoms with Crippen LogP contribution in [0.4, 0.5) is 0 Å². The highest BCUT2D eigenvalue weighted by atomic mass is 16.4. The largest absolute Gasteiger partial charge is 0.409 e. The maximum atomic E-state index is 8.29. The van der Waals surface area contributed by atoms with Gasteiger partial charge in [-0.1, -0.05) is 23.4 Å². The molecule has 0 saturated carbocycles. The van der Waals surface area contributed by atoms with Crippen molar-refractivity contribution in [3.8, 4) is 0 Å². The summed E-state index contributed by atoms with van der Waals surface area (Å²) < 4.78 is 0. The fourth-order valence-electron chi connectivity index (χ4n) is 0.880. The molecular weight excluding hydrogens is 128 g/mol. The molecule has 0 amide bonds. The van der Waals surface area contributed by atoms with Crippen LogP contribution in [0.25, 0.3) is 0 Å². The van der Waals surface area contributed by atoms with E-state index in [4.69, 9.17) is 10.9 Å². The average molecular weight is 138 g/mol. The van der Waals surface area contributed by atoms with Gasteiger partial charge < -0.3 is 10.9 Å². The molecule has 0 aromatic carbocycles. The van der Waals surface area contributed by atoms with Crippen molar-refractivity contribution >= 4 is 5.84 Å². The first-order chi connectivity index (χ1) is 4.84. The van der Waals surface area contributed by atoms with Crippen LogP contribution in [-0.2, 0) is 0 Å². The predicted molar refractivity (Wildman–Crippen MR) is 39.9 cm³/mol. The lowest BCUT2D eigenvalue weighted by molar-refractivity contribution is 0.318. The van der Waals surface area contributed by atoms with Crippen molar-refractivity contribution in [2.24, 2.45) is 10.9 Å². The number of allylic oxidation sites excluding steroid dienone is 3. The number of oxime groups is 1. The molecule has 0 aliphatic heterocycles. The van der Waals surface area contributed by atoms with Gasteiger partial charge in [-0.2, -0.15) is 0 Å². The van der Waals surface area contributed by atoms with E-state index in [9.17, 15) is 0 Å². The Labute approximate surface area is 59.5 Å². The zero-order chi connectivity index (χ0) is 7.40. The van der Waals surface area contributed by atoms with Crippen LogP contribution in [-0.4, -0.2) is 11.0 Å². The van der Waals surface area contributed by atoms with Gasteiger partial charge in [0.05, 0.1) is 0 Å². The number of hydrogen-bond donors (Lipinski definition) is 2. The summed E-state index contributed by atoms with van der Waals surface area (Å²) in [6.45, 7) is 0. The van der Waals surface area contributed by atoms with Gasteiger partial charge in [0.15, 0.2) is 5.84 Å². The lowest BCUT2D eigenvalue weighted by Gasteiger charge is -2.05. The summed E-state index contributed by atoms with van der Waals surface area (Å²) >= 11 is 0. The van der Waals surface area contributed by atoms with Gasteiger partial charge in [-0.25, -0.2) is 0 Å². The molecule has 3 nitrogen and oxygen atoms in total.